The van der Waals surface area contributed by atoms with Crippen molar-refractivity contribution in [3.8, 4) is 17.4 Å². The van der Waals surface area contributed by atoms with E-state index in [0.29, 0.717) is 24.3 Å². The Morgan fingerprint density at radius 2 is 1.77 bits per heavy atom. The maximum atomic E-state index is 12.5. The van der Waals surface area contributed by atoms with Crippen LogP contribution in [0, 0.1) is 0 Å². The third kappa shape index (κ3) is 6.27. The number of hydrogen-bond donors (Lipinski definition) is 0. The van der Waals surface area contributed by atoms with Crippen LogP contribution in [0.2, 0.25) is 0 Å². The zero-order chi connectivity index (χ0) is 19.0. The molecule has 1 aromatic carbocycles. The summed E-state index contributed by atoms with van der Waals surface area (Å²) in [6, 6.07) is 8.27. The third-order valence-electron chi connectivity index (χ3n) is 3.23. The zero-order valence-corrected chi connectivity index (χ0v) is 14.1. The average molecular weight is 369 g/mol. The normalized spacial score (nSPS) is 11.1. The van der Waals surface area contributed by atoms with Crippen LogP contribution in [-0.4, -0.2) is 24.2 Å². The van der Waals surface area contributed by atoms with E-state index in [-0.39, 0.29) is 12.5 Å². The summed E-state index contributed by atoms with van der Waals surface area (Å²) in [4.78, 5) is 15.1. The minimum absolute atomic E-state index is 0.0335. The largest absolute Gasteiger partial charge is 0.482 e. The number of ether oxygens (including phenoxy) is 3. The van der Waals surface area contributed by atoms with Gasteiger partial charge in [-0.3, -0.25) is 0 Å². The number of alkyl halides is 3. The number of pyridine rings is 1. The summed E-state index contributed by atoms with van der Waals surface area (Å²) in [5.74, 6) is 0.388. The van der Waals surface area contributed by atoms with E-state index in [4.69, 9.17) is 14.2 Å². The van der Waals surface area contributed by atoms with Crippen LogP contribution in [-0.2, 0) is 15.7 Å². The van der Waals surface area contributed by atoms with E-state index in [1.165, 1.54) is 0 Å². The Morgan fingerprint density at radius 1 is 1.08 bits per heavy atom. The van der Waals surface area contributed by atoms with Gasteiger partial charge in [0.05, 0.1) is 12.2 Å². The maximum absolute atomic E-state index is 12.5. The van der Waals surface area contributed by atoms with Gasteiger partial charge in [-0.1, -0.05) is 13.3 Å². The molecule has 1 heterocycles. The Labute approximate surface area is 148 Å². The lowest BCUT2D eigenvalue weighted by Gasteiger charge is -2.09. The molecule has 1 aromatic heterocycles. The smallest absolute Gasteiger partial charge is 0.417 e. The molecule has 0 atom stereocenters. The van der Waals surface area contributed by atoms with Crippen molar-refractivity contribution in [3.63, 3.8) is 0 Å². The summed E-state index contributed by atoms with van der Waals surface area (Å²) in [6.07, 6.45) is -2.00. The number of unbranched alkanes of at least 4 members (excludes halogenated alkanes) is 1. The van der Waals surface area contributed by atoms with Crippen molar-refractivity contribution in [2.75, 3.05) is 13.2 Å². The molecular formula is C18H18F3NO4. The monoisotopic (exact) mass is 369 g/mol. The van der Waals surface area contributed by atoms with Gasteiger partial charge in [-0.25, -0.2) is 9.78 Å². The molecule has 5 nitrogen and oxygen atoms in total. The second-order valence-electron chi connectivity index (χ2n) is 5.32. The summed E-state index contributed by atoms with van der Waals surface area (Å²) < 4.78 is 53.1. The van der Waals surface area contributed by atoms with Crippen LogP contribution in [0.25, 0.3) is 0 Å². The van der Waals surface area contributed by atoms with Crippen molar-refractivity contribution in [1.29, 1.82) is 0 Å². The minimum atomic E-state index is -4.44. The summed E-state index contributed by atoms with van der Waals surface area (Å²) in [5, 5.41) is 0. The van der Waals surface area contributed by atoms with Gasteiger partial charge in [-0.05, 0) is 36.8 Å². The fourth-order valence-electron chi connectivity index (χ4n) is 1.85. The van der Waals surface area contributed by atoms with Crippen LogP contribution in [0.3, 0.4) is 0 Å². The highest BCUT2D eigenvalue weighted by Crippen LogP contribution is 2.30. The van der Waals surface area contributed by atoms with E-state index in [1.54, 1.807) is 24.3 Å². The van der Waals surface area contributed by atoms with E-state index in [2.05, 4.69) is 4.98 Å². The van der Waals surface area contributed by atoms with Crippen LogP contribution < -0.4 is 9.47 Å². The van der Waals surface area contributed by atoms with Gasteiger partial charge >= 0.3 is 12.1 Å². The highest BCUT2D eigenvalue weighted by atomic mass is 19.4. The molecule has 8 heteroatoms. The summed E-state index contributed by atoms with van der Waals surface area (Å²) >= 11 is 0. The number of hydrogen-bond acceptors (Lipinski definition) is 5. The SMILES string of the molecule is CCCCOC(=O)COc1ccc(Oc2ccc(C(F)(F)F)cn2)cc1. The highest BCUT2D eigenvalue weighted by Gasteiger charge is 2.30. The van der Waals surface area contributed by atoms with Gasteiger partial charge in [-0.15, -0.1) is 0 Å². The van der Waals surface area contributed by atoms with Crippen LogP contribution in [0.1, 0.15) is 25.3 Å². The molecule has 140 valence electrons. The van der Waals surface area contributed by atoms with Gasteiger partial charge in [0.2, 0.25) is 5.88 Å². The van der Waals surface area contributed by atoms with Gasteiger partial charge < -0.3 is 14.2 Å². The fourth-order valence-corrected chi connectivity index (χ4v) is 1.85. The Hall–Kier alpha value is -2.77. The number of aromatic nitrogens is 1. The van der Waals surface area contributed by atoms with Crippen LogP contribution in [0.4, 0.5) is 13.2 Å². The molecule has 0 radical (unpaired) electrons. The first-order chi connectivity index (χ1) is 12.4. The quantitative estimate of drug-likeness (QED) is 0.502. The minimum Gasteiger partial charge on any atom is -0.482 e. The number of carbonyl (C=O) groups excluding carboxylic acids is 1. The lowest BCUT2D eigenvalue weighted by Crippen LogP contribution is -2.15. The molecule has 0 saturated carbocycles. The molecule has 0 saturated heterocycles. The number of esters is 1. The number of benzene rings is 1. The molecule has 0 fully saturated rings. The molecule has 0 bridgehead atoms. The third-order valence-corrected chi connectivity index (χ3v) is 3.23. The van der Waals surface area contributed by atoms with Crippen molar-refractivity contribution in [1.82, 2.24) is 4.98 Å². The first kappa shape index (κ1) is 19.6. The second kappa shape index (κ2) is 9.07. The molecule has 2 rings (SSSR count). The molecule has 2 aromatic rings. The predicted octanol–water partition coefficient (Wildman–Crippen LogP) is 4.61. The lowest BCUT2D eigenvalue weighted by molar-refractivity contribution is -0.146. The molecule has 0 amide bonds. The Bertz CT molecular complexity index is 700. The maximum Gasteiger partial charge on any atom is 0.417 e. The molecule has 0 N–H and O–H groups in total. The standard InChI is InChI=1S/C18H18F3NO4/c1-2-3-10-24-17(23)12-25-14-5-7-15(8-6-14)26-16-9-4-13(11-22-16)18(19,20)21/h4-9,11H,2-3,10,12H2,1H3. The zero-order valence-electron chi connectivity index (χ0n) is 14.1. The Kier molecular flexibility index (Phi) is 6.82. The van der Waals surface area contributed by atoms with E-state index in [1.807, 2.05) is 6.92 Å². The van der Waals surface area contributed by atoms with Gasteiger partial charge in [0.15, 0.2) is 6.61 Å². The summed E-state index contributed by atoms with van der Waals surface area (Å²) in [6.45, 7) is 2.16. The predicted molar refractivity (Wildman–Crippen MR) is 87.1 cm³/mol. The fraction of sp³-hybridized carbons (Fsp3) is 0.333. The van der Waals surface area contributed by atoms with Crippen molar-refractivity contribution in [3.05, 3.63) is 48.2 Å². The molecule has 26 heavy (non-hydrogen) atoms. The Balaban J connectivity index is 1.84. The topological polar surface area (TPSA) is 57.7 Å². The van der Waals surface area contributed by atoms with Gasteiger partial charge in [-0.2, -0.15) is 13.2 Å². The van der Waals surface area contributed by atoms with E-state index >= 15 is 0 Å². The number of nitrogens with zero attached hydrogens (tertiary/aromatic N) is 1. The number of rotatable bonds is 8. The molecule has 0 spiro atoms. The first-order valence-corrected chi connectivity index (χ1v) is 7.98. The molecular weight excluding hydrogens is 351 g/mol. The van der Waals surface area contributed by atoms with Gasteiger partial charge in [0, 0.05) is 12.3 Å². The molecule has 0 aliphatic rings. The van der Waals surface area contributed by atoms with Crippen molar-refractivity contribution < 1.29 is 32.2 Å². The highest BCUT2D eigenvalue weighted by molar-refractivity contribution is 5.71. The van der Waals surface area contributed by atoms with E-state index < -0.39 is 17.7 Å². The lowest BCUT2D eigenvalue weighted by atomic mass is 10.3. The average Bonchev–Trinajstić information content (AvgIpc) is 2.61. The number of halogens is 3. The Morgan fingerprint density at radius 3 is 2.35 bits per heavy atom. The first-order valence-electron chi connectivity index (χ1n) is 7.98. The van der Waals surface area contributed by atoms with E-state index in [9.17, 15) is 18.0 Å². The van der Waals surface area contributed by atoms with Crippen molar-refractivity contribution in [2.24, 2.45) is 0 Å². The van der Waals surface area contributed by atoms with Crippen LogP contribution in [0.15, 0.2) is 42.6 Å². The summed E-state index contributed by atoms with van der Waals surface area (Å²) in [7, 11) is 0. The van der Waals surface area contributed by atoms with Gasteiger partial charge in [0.25, 0.3) is 0 Å². The van der Waals surface area contributed by atoms with E-state index in [0.717, 1.165) is 25.0 Å². The van der Waals surface area contributed by atoms with Crippen LogP contribution >= 0.6 is 0 Å². The van der Waals surface area contributed by atoms with Crippen molar-refractivity contribution >= 4 is 5.97 Å². The molecule has 0 aliphatic carbocycles. The van der Waals surface area contributed by atoms with Crippen LogP contribution in [0.5, 0.6) is 17.4 Å². The number of carbonyl (C=O) groups is 1. The molecule has 0 aliphatic heterocycles. The van der Waals surface area contributed by atoms with Gasteiger partial charge in [0.1, 0.15) is 11.5 Å². The molecule has 0 unspecified atom stereocenters. The van der Waals surface area contributed by atoms with Crippen molar-refractivity contribution in [2.45, 2.75) is 25.9 Å². The summed E-state index contributed by atoms with van der Waals surface area (Å²) in [5.41, 5.74) is -0.848. The second-order valence-corrected chi connectivity index (χ2v) is 5.32.